The molecule has 0 radical (unpaired) electrons. The summed E-state index contributed by atoms with van der Waals surface area (Å²) in [6.07, 6.45) is 1.06. The van der Waals surface area contributed by atoms with E-state index in [1.54, 1.807) is 30.5 Å². The quantitative estimate of drug-likeness (QED) is 0.233. The van der Waals surface area contributed by atoms with Crippen molar-refractivity contribution in [1.29, 1.82) is 0 Å². The number of carbonyl (C=O) groups excluding carboxylic acids is 1. The van der Waals surface area contributed by atoms with Crippen LogP contribution in [0.5, 0.6) is 0 Å². The topological polar surface area (TPSA) is 65.5 Å². The van der Waals surface area contributed by atoms with Crippen molar-refractivity contribution < 1.29 is 4.79 Å². The number of amides is 1. The molecule has 5 nitrogen and oxygen atoms in total. The molecule has 2 aromatic rings. The van der Waals surface area contributed by atoms with Gasteiger partial charge >= 0.3 is 0 Å². The molecular formula is C19H27IN4OS. The molecule has 0 bridgehead atoms. The number of aliphatic imine (C=N–C) groups is 1. The standard InChI is InChI=1S/C19H26N4OS.HI/c1-15(13-17-9-6-12-25-17)14-23-19(20-2)22-11-10-21-18(24)16-7-4-3-5-8-16;/h3-9,12,15H,10-11,13-14H2,1-2H3,(H,21,24)(H2,20,22,23);1H. The Hall–Kier alpha value is -1.61. The monoisotopic (exact) mass is 486 g/mol. The fourth-order valence-corrected chi connectivity index (χ4v) is 3.25. The number of carbonyl (C=O) groups is 1. The fraction of sp³-hybridized carbons (Fsp3) is 0.368. The minimum Gasteiger partial charge on any atom is -0.356 e. The average molecular weight is 486 g/mol. The van der Waals surface area contributed by atoms with Crippen LogP contribution in [0.25, 0.3) is 0 Å². The average Bonchev–Trinajstić information content (AvgIpc) is 3.14. The number of thiophene rings is 1. The molecule has 1 amide bonds. The van der Waals surface area contributed by atoms with E-state index in [4.69, 9.17) is 0 Å². The molecule has 0 spiro atoms. The summed E-state index contributed by atoms with van der Waals surface area (Å²) in [7, 11) is 1.75. The van der Waals surface area contributed by atoms with Crippen molar-refractivity contribution in [3.05, 3.63) is 58.3 Å². The van der Waals surface area contributed by atoms with Crippen LogP contribution in [0, 0.1) is 5.92 Å². The molecule has 1 aromatic heterocycles. The summed E-state index contributed by atoms with van der Waals surface area (Å²) in [5, 5.41) is 11.6. The number of hydrogen-bond acceptors (Lipinski definition) is 3. The third kappa shape index (κ3) is 8.18. The lowest BCUT2D eigenvalue weighted by Crippen LogP contribution is -2.43. The number of benzene rings is 1. The third-order valence-corrected chi connectivity index (χ3v) is 4.61. The Morgan fingerprint density at radius 2 is 1.81 bits per heavy atom. The molecule has 3 N–H and O–H groups in total. The maximum absolute atomic E-state index is 11.9. The van der Waals surface area contributed by atoms with Gasteiger partial charge in [-0.05, 0) is 35.9 Å². The summed E-state index contributed by atoms with van der Waals surface area (Å²) >= 11 is 1.80. The number of nitrogens with one attached hydrogen (secondary N) is 3. The molecule has 1 unspecified atom stereocenters. The van der Waals surface area contributed by atoms with Gasteiger partial charge in [-0.2, -0.15) is 0 Å². The zero-order valence-electron chi connectivity index (χ0n) is 15.2. The molecule has 0 saturated heterocycles. The van der Waals surface area contributed by atoms with E-state index in [1.165, 1.54) is 4.88 Å². The predicted octanol–water partition coefficient (Wildman–Crippen LogP) is 3.14. The van der Waals surface area contributed by atoms with Crippen LogP contribution in [0.15, 0.2) is 52.8 Å². The van der Waals surface area contributed by atoms with Gasteiger partial charge in [0.15, 0.2) is 5.96 Å². The van der Waals surface area contributed by atoms with Gasteiger partial charge in [-0.25, -0.2) is 0 Å². The SMILES string of the molecule is CN=C(NCCNC(=O)c1ccccc1)NCC(C)Cc1cccs1.I. The smallest absolute Gasteiger partial charge is 0.251 e. The van der Waals surface area contributed by atoms with Gasteiger partial charge in [0.2, 0.25) is 0 Å². The second kappa shape index (κ2) is 12.7. The highest BCUT2D eigenvalue weighted by molar-refractivity contribution is 14.0. The molecule has 0 aliphatic heterocycles. The van der Waals surface area contributed by atoms with Gasteiger partial charge in [0.25, 0.3) is 5.91 Å². The molecule has 0 saturated carbocycles. The van der Waals surface area contributed by atoms with E-state index in [-0.39, 0.29) is 29.9 Å². The maximum Gasteiger partial charge on any atom is 0.251 e. The van der Waals surface area contributed by atoms with E-state index in [0.717, 1.165) is 18.9 Å². The van der Waals surface area contributed by atoms with E-state index < -0.39 is 0 Å². The van der Waals surface area contributed by atoms with Crippen molar-refractivity contribution in [2.75, 3.05) is 26.7 Å². The van der Waals surface area contributed by atoms with Gasteiger partial charge in [0, 0.05) is 37.1 Å². The van der Waals surface area contributed by atoms with E-state index in [9.17, 15) is 4.79 Å². The molecule has 26 heavy (non-hydrogen) atoms. The zero-order chi connectivity index (χ0) is 17.9. The Balaban J connectivity index is 0.00000338. The lowest BCUT2D eigenvalue weighted by molar-refractivity contribution is 0.0954. The Morgan fingerprint density at radius 1 is 1.08 bits per heavy atom. The number of hydrogen-bond donors (Lipinski definition) is 3. The number of nitrogens with zero attached hydrogens (tertiary/aromatic N) is 1. The van der Waals surface area contributed by atoms with E-state index >= 15 is 0 Å². The van der Waals surface area contributed by atoms with Gasteiger partial charge in [0.1, 0.15) is 0 Å². The molecule has 142 valence electrons. The van der Waals surface area contributed by atoms with Gasteiger partial charge in [0.05, 0.1) is 0 Å². The lowest BCUT2D eigenvalue weighted by Gasteiger charge is -2.15. The fourth-order valence-electron chi connectivity index (χ4n) is 2.38. The molecule has 0 fully saturated rings. The van der Waals surface area contributed by atoms with Crippen molar-refractivity contribution in [3.63, 3.8) is 0 Å². The van der Waals surface area contributed by atoms with Crippen LogP contribution in [-0.4, -0.2) is 38.5 Å². The van der Waals surface area contributed by atoms with Gasteiger partial charge < -0.3 is 16.0 Å². The largest absolute Gasteiger partial charge is 0.356 e. The first-order chi connectivity index (χ1) is 12.2. The van der Waals surface area contributed by atoms with Crippen LogP contribution in [0.3, 0.4) is 0 Å². The van der Waals surface area contributed by atoms with Crippen molar-refractivity contribution >= 4 is 47.2 Å². The van der Waals surface area contributed by atoms with Crippen LogP contribution < -0.4 is 16.0 Å². The second-order valence-corrected chi connectivity index (χ2v) is 6.92. The summed E-state index contributed by atoms with van der Waals surface area (Å²) in [5.74, 6) is 1.22. The van der Waals surface area contributed by atoms with Crippen LogP contribution in [0.2, 0.25) is 0 Å². The lowest BCUT2D eigenvalue weighted by atomic mass is 10.1. The van der Waals surface area contributed by atoms with Crippen molar-refractivity contribution in [2.24, 2.45) is 10.9 Å². The summed E-state index contributed by atoms with van der Waals surface area (Å²) in [6.45, 7) is 4.24. The normalized spacial score (nSPS) is 12.0. The van der Waals surface area contributed by atoms with Crippen LogP contribution in [-0.2, 0) is 6.42 Å². The minimum absolute atomic E-state index is 0. The van der Waals surface area contributed by atoms with E-state index in [0.29, 0.717) is 24.6 Å². The predicted molar refractivity (Wildman–Crippen MR) is 121 cm³/mol. The Labute approximate surface area is 176 Å². The van der Waals surface area contributed by atoms with Gasteiger partial charge in [-0.15, -0.1) is 35.3 Å². The highest BCUT2D eigenvalue weighted by Crippen LogP contribution is 2.13. The first-order valence-electron chi connectivity index (χ1n) is 8.49. The van der Waals surface area contributed by atoms with Crippen molar-refractivity contribution in [2.45, 2.75) is 13.3 Å². The molecule has 1 aromatic carbocycles. The summed E-state index contributed by atoms with van der Waals surface area (Å²) < 4.78 is 0. The highest BCUT2D eigenvalue weighted by Gasteiger charge is 2.06. The van der Waals surface area contributed by atoms with Gasteiger partial charge in [-0.1, -0.05) is 31.2 Å². The Kier molecular flexibility index (Phi) is 11.0. The van der Waals surface area contributed by atoms with Crippen LogP contribution in [0.4, 0.5) is 0 Å². The molecule has 2 rings (SSSR count). The molecule has 0 aliphatic rings. The van der Waals surface area contributed by atoms with E-state index in [2.05, 4.69) is 45.4 Å². The summed E-state index contributed by atoms with van der Waals surface area (Å²) in [5.41, 5.74) is 0.674. The Bertz CT molecular complexity index is 661. The first kappa shape index (κ1) is 22.4. The zero-order valence-corrected chi connectivity index (χ0v) is 18.3. The third-order valence-electron chi connectivity index (χ3n) is 3.71. The van der Waals surface area contributed by atoms with Gasteiger partial charge in [-0.3, -0.25) is 9.79 Å². The molecule has 0 aliphatic carbocycles. The number of guanidine groups is 1. The second-order valence-electron chi connectivity index (χ2n) is 5.89. The minimum atomic E-state index is -0.0603. The number of rotatable bonds is 8. The first-order valence-corrected chi connectivity index (χ1v) is 9.37. The molecule has 7 heteroatoms. The van der Waals surface area contributed by atoms with E-state index in [1.807, 2.05) is 18.2 Å². The van der Waals surface area contributed by atoms with Crippen LogP contribution in [0.1, 0.15) is 22.2 Å². The maximum atomic E-state index is 11.9. The van der Waals surface area contributed by atoms with Crippen molar-refractivity contribution in [3.8, 4) is 0 Å². The molecular weight excluding hydrogens is 459 g/mol. The molecule has 1 heterocycles. The van der Waals surface area contributed by atoms with Crippen molar-refractivity contribution in [1.82, 2.24) is 16.0 Å². The van der Waals surface area contributed by atoms with Crippen LogP contribution >= 0.6 is 35.3 Å². The summed E-state index contributed by atoms with van der Waals surface area (Å²) in [6, 6.07) is 13.5. The summed E-state index contributed by atoms with van der Waals surface area (Å²) in [4.78, 5) is 17.6. The number of halogens is 1. The Morgan fingerprint density at radius 3 is 2.46 bits per heavy atom. The highest BCUT2D eigenvalue weighted by atomic mass is 127. The molecule has 1 atom stereocenters.